The second-order valence-corrected chi connectivity index (χ2v) is 9.39. The van der Waals surface area contributed by atoms with Crippen molar-refractivity contribution >= 4 is 5.97 Å². The SMILES string of the molecule is C/C=C/CCc1c(F)cc(OC(=O)c2c(F)cc(-c3ccc(CC(C)c4ccccc4)cc3)cc2F)cc1F. The first-order valence-corrected chi connectivity index (χ1v) is 12.7. The minimum atomic E-state index is -1.39. The summed E-state index contributed by atoms with van der Waals surface area (Å²) in [7, 11) is 0. The van der Waals surface area contributed by atoms with Gasteiger partial charge in [0.2, 0.25) is 0 Å². The van der Waals surface area contributed by atoms with Gasteiger partial charge in [0.05, 0.1) is 0 Å². The molecule has 0 bridgehead atoms. The third-order valence-electron chi connectivity index (χ3n) is 6.57. The van der Waals surface area contributed by atoms with Crippen LogP contribution in [-0.2, 0) is 12.8 Å². The van der Waals surface area contributed by atoms with Crippen LogP contribution in [0.25, 0.3) is 11.1 Å². The molecule has 0 aliphatic heterocycles. The number of hydrogen-bond acceptors (Lipinski definition) is 2. The van der Waals surface area contributed by atoms with E-state index in [1.807, 2.05) is 30.3 Å². The number of carbonyl (C=O) groups is 1. The Morgan fingerprint density at radius 3 is 2.03 bits per heavy atom. The van der Waals surface area contributed by atoms with Gasteiger partial charge in [0, 0.05) is 17.7 Å². The van der Waals surface area contributed by atoms with Crippen LogP contribution in [-0.4, -0.2) is 5.97 Å². The summed E-state index contributed by atoms with van der Waals surface area (Å²) in [4.78, 5) is 12.5. The van der Waals surface area contributed by atoms with Crippen molar-refractivity contribution in [2.75, 3.05) is 0 Å². The molecule has 0 saturated carbocycles. The molecule has 6 heteroatoms. The molecule has 2 nitrogen and oxygen atoms in total. The number of carbonyl (C=O) groups excluding carboxylic acids is 1. The van der Waals surface area contributed by atoms with E-state index in [1.165, 1.54) is 5.56 Å². The number of esters is 1. The average molecular weight is 533 g/mol. The van der Waals surface area contributed by atoms with Gasteiger partial charge in [-0.15, -0.1) is 0 Å². The Kier molecular flexibility index (Phi) is 8.97. The first-order chi connectivity index (χ1) is 18.8. The van der Waals surface area contributed by atoms with E-state index in [0.29, 0.717) is 17.9 Å². The van der Waals surface area contributed by atoms with Crippen molar-refractivity contribution in [3.8, 4) is 16.9 Å². The summed E-state index contributed by atoms with van der Waals surface area (Å²) in [5.41, 5.74) is 2.01. The molecule has 1 unspecified atom stereocenters. The van der Waals surface area contributed by atoms with Gasteiger partial charge < -0.3 is 4.74 Å². The Balaban J connectivity index is 1.48. The molecule has 4 aromatic carbocycles. The summed E-state index contributed by atoms with van der Waals surface area (Å²) >= 11 is 0. The number of ether oxygens (including phenoxy) is 1. The van der Waals surface area contributed by atoms with E-state index in [9.17, 15) is 22.4 Å². The van der Waals surface area contributed by atoms with Gasteiger partial charge in [-0.1, -0.05) is 73.7 Å². The minimum absolute atomic E-state index is 0.119. The second-order valence-electron chi connectivity index (χ2n) is 9.39. The molecule has 0 N–H and O–H groups in total. The van der Waals surface area contributed by atoms with Gasteiger partial charge >= 0.3 is 5.97 Å². The first-order valence-electron chi connectivity index (χ1n) is 12.7. The Labute approximate surface area is 225 Å². The Morgan fingerprint density at radius 1 is 0.821 bits per heavy atom. The van der Waals surface area contributed by atoms with Crippen LogP contribution in [0.2, 0.25) is 0 Å². The predicted octanol–water partition coefficient (Wildman–Crippen LogP) is 8.98. The average Bonchev–Trinajstić information content (AvgIpc) is 2.90. The van der Waals surface area contributed by atoms with Crippen LogP contribution >= 0.6 is 0 Å². The van der Waals surface area contributed by atoms with Gasteiger partial charge in [-0.2, -0.15) is 0 Å². The number of hydrogen-bond donors (Lipinski definition) is 0. The van der Waals surface area contributed by atoms with Crippen LogP contribution in [0.4, 0.5) is 17.6 Å². The van der Waals surface area contributed by atoms with Gasteiger partial charge in [0.25, 0.3) is 0 Å². The predicted molar refractivity (Wildman–Crippen MR) is 145 cm³/mol. The van der Waals surface area contributed by atoms with Crippen LogP contribution in [0.1, 0.15) is 53.2 Å². The molecule has 0 aromatic heterocycles. The van der Waals surface area contributed by atoms with Crippen molar-refractivity contribution in [3.63, 3.8) is 0 Å². The highest BCUT2D eigenvalue weighted by atomic mass is 19.1. The van der Waals surface area contributed by atoms with Crippen molar-refractivity contribution in [1.29, 1.82) is 0 Å². The lowest BCUT2D eigenvalue weighted by molar-refractivity contribution is 0.0723. The lowest BCUT2D eigenvalue weighted by atomic mass is 9.93. The largest absolute Gasteiger partial charge is 0.423 e. The van der Waals surface area contributed by atoms with Gasteiger partial charge in [-0.3, -0.25) is 0 Å². The van der Waals surface area contributed by atoms with Crippen molar-refractivity contribution in [3.05, 3.63) is 137 Å². The molecule has 4 aromatic rings. The summed E-state index contributed by atoms with van der Waals surface area (Å²) in [6.07, 6.45) is 4.89. The summed E-state index contributed by atoms with van der Waals surface area (Å²) in [5, 5.41) is 0. The van der Waals surface area contributed by atoms with Crippen LogP contribution < -0.4 is 4.74 Å². The van der Waals surface area contributed by atoms with Crippen molar-refractivity contribution in [1.82, 2.24) is 0 Å². The molecule has 1 atom stereocenters. The zero-order chi connectivity index (χ0) is 27.9. The third kappa shape index (κ3) is 6.82. The van der Waals surface area contributed by atoms with E-state index in [2.05, 4.69) is 19.1 Å². The molecule has 0 heterocycles. The van der Waals surface area contributed by atoms with Crippen LogP contribution in [0.5, 0.6) is 5.75 Å². The van der Waals surface area contributed by atoms with Crippen LogP contribution in [0.15, 0.2) is 91.0 Å². The highest BCUT2D eigenvalue weighted by Gasteiger charge is 2.23. The van der Waals surface area contributed by atoms with E-state index in [4.69, 9.17) is 4.74 Å². The smallest absolute Gasteiger partial charge is 0.349 e. The molecular formula is C33H28F4O2. The second kappa shape index (κ2) is 12.6. The number of halogens is 4. The minimum Gasteiger partial charge on any atom is -0.423 e. The van der Waals surface area contributed by atoms with Crippen molar-refractivity contribution in [2.45, 2.75) is 39.0 Å². The normalized spacial score (nSPS) is 12.1. The molecule has 0 spiro atoms. The Morgan fingerprint density at radius 2 is 1.44 bits per heavy atom. The topological polar surface area (TPSA) is 26.3 Å². The van der Waals surface area contributed by atoms with Gasteiger partial charge in [-0.05, 0) is 66.5 Å². The summed E-state index contributed by atoms with van der Waals surface area (Å²) in [5.74, 6) is -5.65. The third-order valence-corrected chi connectivity index (χ3v) is 6.57. The monoisotopic (exact) mass is 532 g/mol. The fourth-order valence-electron chi connectivity index (χ4n) is 4.45. The molecular weight excluding hydrogens is 504 g/mol. The molecule has 0 amide bonds. The van der Waals surface area contributed by atoms with Crippen molar-refractivity contribution < 1.29 is 27.1 Å². The maximum atomic E-state index is 14.9. The van der Waals surface area contributed by atoms with E-state index in [1.54, 1.807) is 31.2 Å². The summed E-state index contributed by atoms with van der Waals surface area (Å²) in [6, 6.07) is 21.2. The lowest BCUT2D eigenvalue weighted by Gasteiger charge is -2.13. The van der Waals surface area contributed by atoms with E-state index < -0.39 is 40.6 Å². The molecule has 0 aliphatic carbocycles. The molecule has 39 heavy (non-hydrogen) atoms. The molecule has 4 rings (SSSR count). The fraction of sp³-hybridized carbons (Fsp3) is 0.182. The number of rotatable bonds is 9. The Bertz CT molecular complexity index is 1430. The lowest BCUT2D eigenvalue weighted by Crippen LogP contribution is -2.14. The molecule has 0 saturated heterocycles. The van der Waals surface area contributed by atoms with Gasteiger partial charge in [-0.25, -0.2) is 22.4 Å². The zero-order valence-electron chi connectivity index (χ0n) is 21.7. The zero-order valence-corrected chi connectivity index (χ0v) is 21.7. The van der Waals surface area contributed by atoms with Crippen LogP contribution in [0, 0.1) is 23.3 Å². The first kappa shape index (κ1) is 27.8. The van der Waals surface area contributed by atoms with Gasteiger partial charge in [0.15, 0.2) is 0 Å². The fourth-order valence-corrected chi connectivity index (χ4v) is 4.45. The number of allylic oxidation sites excluding steroid dienone is 2. The summed E-state index contributed by atoms with van der Waals surface area (Å²) < 4.78 is 63.4. The number of benzene rings is 4. The van der Waals surface area contributed by atoms with Crippen molar-refractivity contribution in [2.24, 2.45) is 0 Å². The van der Waals surface area contributed by atoms with Gasteiger partial charge in [0.1, 0.15) is 34.6 Å². The standard InChI is InChI=1S/C33H28F4O2/c1-3-4-6-11-27-28(34)19-26(20-29(27)35)39-33(38)32-30(36)17-25(18-31(32)37)24-14-12-22(13-15-24)16-21(2)23-9-7-5-8-10-23/h3-5,7-10,12-15,17-21H,6,11,16H2,1-2H3/b4-3+. The summed E-state index contributed by atoms with van der Waals surface area (Å²) in [6.45, 7) is 3.93. The van der Waals surface area contributed by atoms with E-state index in [0.717, 1.165) is 36.2 Å². The Hall–Kier alpha value is -4.19. The van der Waals surface area contributed by atoms with E-state index >= 15 is 0 Å². The quantitative estimate of drug-likeness (QED) is 0.0931. The molecule has 200 valence electrons. The molecule has 0 radical (unpaired) electrons. The van der Waals surface area contributed by atoms with Crippen LogP contribution in [0.3, 0.4) is 0 Å². The molecule has 0 aliphatic rings. The van der Waals surface area contributed by atoms with E-state index in [-0.39, 0.29) is 17.5 Å². The molecule has 0 fully saturated rings. The maximum Gasteiger partial charge on any atom is 0.349 e. The highest BCUT2D eigenvalue weighted by Crippen LogP contribution is 2.28. The highest BCUT2D eigenvalue weighted by molar-refractivity contribution is 5.92. The maximum absolute atomic E-state index is 14.9.